The monoisotopic (exact) mass is 429 g/mol. The first-order chi connectivity index (χ1) is 15.5. The molecule has 1 saturated carbocycles. The van der Waals surface area contributed by atoms with E-state index in [9.17, 15) is 4.79 Å². The molecular weight excluding hydrogens is 406 g/mol. The molecule has 1 aromatic carbocycles. The lowest BCUT2D eigenvalue weighted by atomic mass is 10.1. The van der Waals surface area contributed by atoms with E-state index < -0.39 is 0 Å². The van der Waals surface area contributed by atoms with Crippen LogP contribution in [0.2, 0.25) is 0 Å². The van der Waals surface area contributed by atoms with Crippen LogP contribution >= 0.6 is 0 Å². The third-order valence-electron chi connectivity index (χ3n) is 6.57. The van der Waals surface area contributed by atoms with Crippen LogP contribution < -0.4 is 15.4 Å². The number of hydrogen-bond acceptors (Lipinski definition) is 6. The number of carbonyl (C=O) groups excluding carboxylic acids is 1. The molecular formula is C23H23N7O2. The third-order valence-corrected chi connectivity index (χ3v) is 6.57. The number of H-pyrrole nitrogens is 1. The molecule has 9 nitrogen and oxygen atoms in total. The Morgan fingerprint density at radius 2 is 2.09 bits per heavy atom. The van der Waals surface area contributed by atoms with Crippen molar-refractivity contribution < 1.29 is 9.53 Å². The molecule has 3 aromatic heterocycles. The summed E-state index contributed by atoms with van der Waals surface area (Å²) in [7, 11) is 0. The van der Waals surface area contributed by atoms with E-state index in [0.29, 0.717) is 24.0 Å². The molecule has 0 atom stereocenters. The zero-order valence-electron chi connectivity index (χ0n) is 17.9. The second-order valence-corrected chi connectivity index (χ2v) is 8.77. The predicted molar refractivity (Wildman–Crippen MR) is 119 cm³/mol. The molecule has 0 unspecified atom stereocenters. The van der Waals surface area contributed by atoms with Crippen LogP contribution in [0.25, 0.3) is 10.9 Å². The SMILES string of the molecule is Cc1c(Oc2ncnc3c2CNC3)ccc2c1ccn2C(=O)Nc1cc(C2(C)CC2)[nH]n1. The highest BCUT2D eigenvalue weighted by atomic mass is 16.5. The molecule has 1 fully saturated rings. The number of nitrogens with zero attached hydrogens (tertiary/aromatic N) is 4. The number of anilines is 1. The van der Waals surface area contributed by atoms with Crippen molar-refractivity contribution in [2.45, 2.75) is 45.2 Å². The van der Waals surface area contributed by atoms with Crippen LogP contribution in [-0.2, 0) is 18.5 Å². The van der Waals surface area contributed by atoms with Gasteiger partial charge in [0.25, 0.3) is 0 Å². The van der Waals surface area contributed by atoms with Crippen LogP contribution in [0, 0.1) is 6.92 Å². The Bertz CT molecular complexity index is 1370. The molecule has 1 aliphatic heterocycles. The van der Waals surface area contributed by atoms with Gasteiger partial charge in [0, 0.05) is 47.4 Å². The number of benzene rings is 1. The number of carbonyl (C=O) groups is 1. The standard InChI is InChI=1S/C23H23N7O2/c1-13-14-5-8-30(22(31)27-20-9-19(28-29-20)23(2)6-7-23)17(14)3-4-18(13)32-21-15-10-24-11-16(15)25-12-26-21/h3-5,8-9,12,24H,6-7,10-11H2,1-2H3,(H2,27,28,29,31). The highest BCUT2D eigenvalue weighted by Crippen LogP contribution is 2.47. The first-order valence-corrected chi connectivity index (χ1v) is 10.7. The number of hydrogen-bond donors (Lipinski definition) is 3. The number of ether oxygens (including phenoxy) is 1. The molecule has 3 N–H and O–H groups in total. The van der Waals surface area contributed by atoms with Gasteiger partial charge < -0.3 is 10.1 Å². The second-order valence-electron chi connectivity index (χ2n) is 8.77. The topological polar surface area (TPSA) is 110 Å². The van der Waals surface area contributed by atoms with Crippen LogP contribution in [0.15, 0.2) is 36.8 Å². The van der Waals surface area contributed by atoms with Gasteiger partial charge in [-0.15, -0.1) is 0 Å². The van der Waals surface area contributed by atoms with Crippen molar-refractivity contribution in [2.24, 2.45) is 0 Å². The number of aryl methyl sites for hydroxylation is 1. The quantitative estimate of drug-likeness (QED) is 0.453. The number of aromatic nitrogens is 5. The van der Waals surface area contributed by atoms with Crippen LogP contribution in [0.1, 0.15) is 42.3 Å². The van der Waals surface area contributed by atoms with Gasteiger partial charge in [0.15, 0.2) is 5.82 Å². The smallest absolute Gasteiger partial charge is 0.331 e. The number of rotatable bonds is 4. The Hall–Kier alpha value is -3.72. The highest BCUT2D eigenvalue weighted by molar-refractivity contribution is 5.99. The minimum atomic E-state index is -0.258. The molecule has 2 aliphatic rings. The Morgan fingerprint density at radius 3 is 2.94 bits per heavy atom. The molecule has 6 rings (SSSR count). The predicted octanol–water partition coefficient (Wildman–Crippen LogP) is 3.99. The minimum absolute atomic E-state index is 0.170. The summed E-state index contributed by atoms with van der Waals surface area (Å²) in [6, 6.07) is 7.34. The molecule has 1 aliphatic carbocycles. The molecule has 32 heavy (non-hydrogen) atoms. The minimum Gasteiger partial charge on any atom is -0.438 e. The number of aromatic amines is 1. The van der Waals surface area contributed by atoms with E-state index in [1.54, 1.807) is 10.8 Å². The van der Waals surface area contributed by atoms with E-state index in [4.69, 9.17) is 4.74 Å². The summed E-state index contributed by atoms with van der Waals surface area (Å²) < 4.78 is 7.74. The lowest BCUT2D eigenvalue weighted by Crippen LogP contribution is -2.18. The van der Waals surface area contributed by atoms with Crippen molar-refractivity contribution in [1.82, 2.24) is 30.0 Å². The van der Waals surface area contributed by atoms with Crippen LogP contribution in [0.5, 0.6) is 11.6 Å². The van der Waals surface area contributed by atoms with E-state index in [1.165, 1.54) is 6.33 Å². The highest BCUT2D eigenvalue weighted by Gasteiger charge is 2.40. The lowest BCUT2D eigenvalue weighted by Gasteiger charge is -2.12. The molecule has 0 spiro atoms. The summed E-state index contributed by atoms with van der Waals surface area (Å²) >= 11 is 0. The lowest BCUT2D eigenvalue weighted by molar-refractivity contribution is 0.254. The fraction of sp³-hybridized carbons (Fsp3) is 0.304. The summed E-state index contributed by atoms with van der Waals surface area (Å²) in [6.07, 6.45) is 5.57. The molecule has 1 amide bonds. The van der Waals surface area contributed by atoms with Crippen LogP contribution in [0.4, 0.5) is 10.6 Å². The maximum atomic E-state index is 12.9. The zero-order valence-corrected chi connectivity index (χ0v) is 17.9. The summed E-state index contributed by atoms with van der Waals surface area (Å²) in [5.41, 5.74) is 4.93. The first-order valence-electron chi connectivity index (χ1n) is 10.7. The van der Waals surface area contributed by atoms with E-state index in [-0.39, 0.29) is 11.4 Å². The van der Waals surface area contributed by atoms with E-state index in [1.807, 2.05) is 31.2 Å². The molecule has 0 radical (unpaired) electrons. The van der Waals surface area contributed by atoms with Gasteiger partial charge in [0.05, 0.1) is 16.8 Å². The molecule has 0 bridgehead atoms. The van der Waals surface area contributed by atoms with Gasteiger partial charge in [-0.3, -0.25) is 15.0 Å². The Morgan fingerprint density at radius 1 is 1.22 bits per heavy atom. The van der Waals surface area contributed by atoms with Crippen molar-refractivity contribution in [3.05, 3.63) is 59.3 Å². The molecule has 9 heteroatoms. The Balaban J connectivity index is 1.26. The Labute approximate surface area is 184 Å². The van der Waals surface area contributed by atoms with E-state index in [2.05, 4.69) is 37.7 Å². The van der Waals surface area contributed by atoms with Crippen molar-refractivity contribution in [1.29, 1.82) is 0 Å². The Kier molecular flexibility index (Phi) is 4.09. The third kappa shape index (κ3) is 3.04. The molecule has 4 aromatic rings. The maximum absolute atomic E-state index is 12.9. The van der Waals surface area contributed by atoms with Crippen molar-refractivity contribution in [3.8, 4) is 11.6 Å². The normalized spacial score (nSPS) is 16.2. The number of nitrogens with one attached hydrogen (secondary N) is 3. The van der Waals surface area contributed by atoms with Crippen molar-refractivity contribution in [2.75, 3.05) is 5.32 Å². The summed E-state index contributed by atoms with van der Waals surface area (Å²) in [5, 5.41) is 14.4. The summed E-state index contributed by atoms with van der Waals surface area (Å²) in [5.74, 6) is 1.80. The summed E-state index contributed by atoms with van der Waals surface area (Å²) in [4.78, 5) is 21.5. The number of fused-ring (bicyclic) bond motifs is 2. The van der Waals surface area contributed by atoms with Gasteiger partial charge >= 0.3 is 6.03 Å². The van der Waals surface area contributed by atoms with Gasteiger partial charge in [-0.2, -0.15) is 5.10 Å². The van der Waals surface area contributed by atoms with E-state index >= 15 is 0 Å². The summed E-state index contributed by atoms with van der Waals surface area (Å²) in [6.45, 7) is 5.59. The van der Waals surface area contributed by atoms with Gasteiger partial charge in [-0.25, -0.2) is 14.8 Å². The average molecular weight is 429 g/mol. The molecule has 4 heterocycles. The fourth-order valence-corrected chi connectivity index (χ4v) is 4.21. The molecule has 162 valence electrons. The zero-order chi connectivity index (χ0) is 21.9. The van der Waals surface area contributed by atoms with Gasteiger partial charge in [0.1, 0.15) is 12.1 Å². The average Bonchev–Trinajstić information content (AvgIpc) is 3.22. The van der Waals surface area contributed by atoms with Gasteiger partial charge in [-0.1, -0.05) is 6.92 Å². The second kappa shape index (κ2) is 6.89. The van der Waals surface area contributed by atoms with Gasteiger partial charge in [0.2, 0.25) is 5.88 Å². The van der Waals surface area contributed by atoms with Gasteiger partial charge in [-0.05, 0) is 38.0 Å². The van der Waals surface area contributed by atoms with Crippen LogP contribution in [-0.4, -0.2) is 30.8 Å². The molecule has 0 saturated heterocycles. The fourth-order valence-electron chi connectivity index (χ4n) is 4.21. The number of amides is 1. The maximum Gasteiger partial charge on any atom is 0.331 e. The van der Waals surface area contributed by atoms with Crippen LogP contribution in [0.3, 0.4) is 0 Å². The van der Waals surface area contributed by atoms with Crippen molar-refractivity contribution in [3.63, 3.8) is 0 Å². The first kappa shape index (κ1) is 19.0. The van der Waals surface area contributed by atoms with E-state index in [0.717, 1.165) is 52.8 Å². The largest absolute Gasteiger partial charge is 0.438 e. The van der Waals surface area contributed by atoms with Crippen molar-refractivity contribution >= 4 is 22.8 Å².